The molecule has 0 radical (unpaired) electrons. The van der Waals surface area contributed by atoms with Crippen molar-refractivity contribution in [2.24, 2.45) is 23.0 Å². The van der Waals surface area contributed by atoms with E-state index >= 15 is 4.39 Å². The van der Waals surface area contributed by atoms with Crippen molar-refractivity contribution in [1.82, 2.24) is 30.0 Å². The Morgan fingerprint density at radius 1 is 0.815 bits per heavy atom. The molecular formula is C61H79F2N7O11. The molecule has 0 saturated heterocycles. The summed E-state index contributed by atoms with van der Waals surface area (Å²) in [5.74, 6) is -4.53. The normalized spacial score (nSPS) is 14.3. The molecule has 1 aliphatic heterocycles. The van der Waals surface area contributed by atoms with E-state index in [2.05, 4.69) is 10.6 Å². The van der Waals surface area contributed by atoms with E-state index in [0.717, 1.165) is 28.7 Å². The van der Waals surface area contributed by atoms with Crippen molar-refractivity contribution in [2.75, 3.05) is 26.8 Å². The van der Waals surface area contributed by atoms with Crippen molar-refractivity contribution in [1.29, 1.82) is 0 Å². The van der Waals surface area contributed by atoms with Crippen LogP contribution in [0.4, 0.5) is 13.6 Å². The highest BCUT2D eigenvalue weighted by molar-refractivity contribution is 6.12. The number of primary amides is 1. The van der Waals surface area contributed by atoms with Crippen molar-refractivity contribution >= 4 is 47.2 Å². The first kappa shape index (κ1) is 64.4. The number of hydrogen-bond donors (Lipinski definition) is 4. The number of nitrogens with one attached hydrogen (secondary N) is 2. The maximum atomic E-state index is 15.3. The Morgan fingerprint density at radius 2 is 1.48 bits per heavy atom. The van der Waals surface area contributed by atoms with Gasteiger partial charge in [-0.05, 0) is 85.3 Å². The third-order valence-electron chi connectivity index (χ3n) is 14.1. The van der Waals surface area contributed by atoms with Crippen LogP contribution in [0.15, 0.2) is 91.1 Å². The second-order valence-corrected chi connectivity index (χ2v) is 22.2. The molecule has 4 aromatic rings. The number of halogens is 2. The van der Waals surface area contributed by atoms with Crippen molar-refractivity contribution < 1.29 is 61.7 Å². The molecule has 438 valence electrons. The van der Waals surface area contributed by atoms with Crippen LogP contribution in [0.3, 0.4) is 0 Å². The molecule has 5 rings (SSSR count). The summed E-state index contributed by atoms with van der Waals surface area (Å²) in [6.07, 6.45) is 5.04. The van der Waals surface area contributed by atoms with Gasteiger partial charge in [-0.1, -0.05) is 102 Å². The number of alkyl carbamates (subject to hydrolysis) is 1. The lowest BCUT2D eigenvalue weighted by Gasteiger charge is -2.41. The van der Waals surface area contributed by atoms with Gasteiger partial charge in [0.05, 0.1) is 30.4 Å². The number of ketones is 2. The third-order valence-corrected chi connectivity index (χ3v) is 14.1. The number of methoxy groups -OCH3 is 1. The lowest BCUT2D eigenvalue weighted by Crippen LogP contribution is -2.48. The molecule has 18 nitrogen and oxygen atoms in total. The Bertz CT molecular complexity index is 2810. The van der Waals surface area contributed by atoms with Gasteiger partial charge in [0.15, 0.2) is 5.78 Å². The van der Waals surface area contributed by atoms with Crippen molar-refractivity contribution in [3.63, 3.8) is 0 Å². The van der Waals surface area contributed by atoms with Crippen LogP contribution in [-0.2, 0) is 62.6 Å². The second kappa shape index (κ2) is 30.9. The second-order valence-electron chi connectivity index (χ2n) is 22.2. The van der Waals surface area contributed by atoms with E-state index in [1.807, 2.05) is 65.0 Å². The van der Waals surface area contributed by atoms with E-state index in [0.29, 0.717) is 49.1 Å². The molecular weight excluding hydrogens is 1040 g/mol. The number of imidazole rings is 1. The fourth-order valence-electron chi connectivity index (χ4n) is 9.75. The highest BCUT2D eigenvalue weighted by Gasteiger charge is 2.40. The highest BCUT2D eigenvalue weighted by Crippen LogP contribution is 2.40. The predicted molar refractivity (Wildman–Crippen MR) is 299 cm³/mol. The number of amides is 6. The largest absolute Gasteiger partial charge is 0.445 e. The zero-order valence-electron chi connectivity index (χ0n) is 47.6. The Kier molecular flexibility index (Phi) is 24.6. The maximum Gasteiger partial charge on any atom is 0.407 e. The van der Waals surface area contributed by atoms with Crippen LogP contribution in [0.2, 0.25) is 0 Å². The summed E-state index contributed by atoms with van der Waals surface area (Å²) < 4.78 is 42.7. The number of nitrogens with zero attached hydrogens (tertiary/aromatic N) is 4. The van der Waals surface area contributed by atoms with Gasteiger partial charge in [0, 0.05) is 82.3 Å². The summed E-state index contributed by atoms with van der Waals surface area (Å²) in [6, 6.07) is 16.9. The number of aliphatic hydroxyl groups excluding tert-OH is 1. The summed E-state index contributed by atoms with van der Waals surface area (Å²) in [7, 11) is 1.46. The number of Topliss-reactive ketones (excluding diaryl/α,β-unsaturated/α-hetero) is 2. The van der Waals surface area contributed by atoms with Gasteiger partial charge in [0.2, 0.25) is 11.8 Å². The Hall–Kier alpha value is -7.45. The number of carbonyl (C=O) groups is 8. The minimum atomic E-state index is -1.44. The predicted octanol–water partition coefficient (Wildman–Crippen LogP) is 7.86. The number of rotatable bonds is 33. The number of hydrogen-bond acceptors (Lipinski definition) is 12. The molecule has 0 bridgehead atoms. The summed E-state index contributed by atoms with van der Waals surface area (Å²) in [6.45, 7) is 11.1. The van der Waals surface area contributed by atoms with Crippen molar-refractivity contribution in [3.05, 3.63) is 125 Å². The molecule has 81 heavy (non-hydrogen) atoms. The average molecular weight is 1120 g/mol. The number of benzene rings is 3. The topological polar surface area (TPSA) is 250 Å². The van der Waals surface area contributed by atoms with Crippen LogP contribution in [0.5, 0.6) is 0 Å². The molecule has 6 amide bonds. The van der Waals surface area contributed by atoms with Gasteiger partial charge in [-0.15, -0.1) is 0 Å². The minimum absolute atomic E-state index is 0.00594. The van der Waals surface area contributed by atoms with E-state index < -0.39 is 71.0 Å². The smallest absolute Gasteiger partial charge is 0.407 e. The van der Waals surface area contributed by atoms with Gasteiger partial charge < -0.3 is 40.4 Å². The fourth-order valence-corrected chi connectivity index (χ4v) is 9.75. The number of aromatic nitrogens is 2. The van der Waals surface area contributed by atoms with Crippen molar-refractivity contribution in [3.8, 4) is 11.3 Å². The van der Waals surface area contributed by atoms with E-state index in [1.54, 1.807) is 35.0 Å². The van der Waals surface area contributed by atoms with Gasteiger partial charge in [-0.25, -0.2) is 18.6 Å². The summed E-state index contributed by atoms with van der Waals surface area (Å²) in [5, 5.41) is 16.5. The number of imide groups is 1. The van der Waals surface area contributed by atoms with Gasteiger partial charge in [0.25, 0.3) is 17.7 Å². The van der Waals surface area contributed by atoms with Crippen LogP contribution in [0.25, 0.3) is 11.3 Å². The summed E-state index contributed by atoms with van der Waals surface area (Å²) >= 11 is 0. The molecule has 0 saturated carbocycles. The Labute approximate surface area is 473 Å². The molecule has 1 aliphatic rings. The lowest BCUT2D eigenvalue weighted by molar-refractivity contribution is -0.145. The quantitative estimate of drug-likeness (QED) is 0.0263. The Balaban J connectivity index is 1.21. The number of aliphatic hydroxyl groups is 1. The molecule has 0 unspecified atom stereocenters. The number of nitrogens with two attached hydrogens (primary N) is 1. The van der Waals surface area contributed by atoms with Crippen LogP contribution < -0.4 is 16.4 Å². The molecule has 1 aromatic heterocycles. The van der Waals surface area contributed by atoms with Crippen LogP contribution in [0, 0.1) is 28.9 Å². The van der Waals surface area contributed by atoms with Crippen LogP contribution in [-0.4, -0.2) is 117 Å². The Morgan fingerprint density at radius 3 is 2.11 bits per heavy atom. The molecule has 0 aliphatic carbocycles. The average Bonchev–Trinajstić information content (AvgIpc) is 4.05. The van der Waals surface area contributed by atoms with E-state index in [4.69, 9.17) is 20.2 Å². The molecule has 20 heteroatoms. The first-order valence-corrected chi connectivity index (χ1v) is 27.7. The number of unbranched alkanes of at least 4 members (excludes halogenated alkanes) is 3. The van der Waals surface area contributed by atoms with Crippen molar-refractivity contribution in [2.45, 2.75) is 150 Å². The summed E-state index contributed by atoms with van der Waals surface area (Å²) in [4.78, 5) is 111. The van der Waals surface area contributed by atoms with Crippen LogP contribution in [0.1, 0.15) is 134 Å². The standard InChI is InChI=1S/C61H79F2N7O11/c1-39(2)47(34-46(72)18-12-9-15-30-69-54(75)27-28-55(69)76)58(77)67-50(19-13-14-20-53(64)74)52(73)32-41-21-23-43(24-22-41)37-81-60(79)65-45(38-80-7)29-31-70(59(78)40(3)71)56(61(4,5)6)57-66-51(48-33-44(62)25-26-49(48)63)36-68(57)35-42-16-10-8-11-17-42/h8,10-11,16-17,21-28,33,36,39-40,45,47,50,56,71H,9,12-15,18-20,29-32,34-35,37-38H2,1-7H3,(H2,64,74)(H,65,79)(H,67,77)/t40-,45+,47-,50-,56-/m0/s1. The molecule has 5 N–H and O–H groups in total. The molecule has 2 heterocycles. The molecule has 0 fully saturated rings. The van der Waals surface area contributed by atoms with E-state index in [1.165, 1.54) is 31.1 Å². The highest BCUT2D eigenvalue weighted by atomic mass is 19.1. The summed E-state index contributed by atoms with van der Waals surface area (Å²) in [5.41, 5.74) is 6.80. The van der Waals surface area contributed by atoms with E-state index in [9.17, 15) is 47.9 Å². The van der Waals surface area contributed by atoms with Crippen LogP contribution >= 0.6 is 0 Å². The van der Waals surface area contributed by atoms with Gasteiger partial charge in [-0.2, -0.15) is 0 Å². The zero-order chi connectivity index (χ0) is 59.4. The number of carbonyl (C=O) groups excluding carboxylic acids is 8. The lowest BCUT2D eigenvalue weighted by atomic mass is 9.84. The molecule has 0 spiro atoms. The zero-order valence-corrected chi connectivity index (χ0v) is 47.6. The fraction of sp³-hybridized carbons (Fsp3) is 0.492. The molecule has 5 atom stereocenters. The van der Waals surface area contributed by atoms with Gasteiger partial charge in [-0.3, -0.25) is 38.5 Å². The maximum absolute atomic E-state index is 15.3. The van der Waals surface area contributed by atoms with Gasteiger partial charge in [0.1, 0.15) is 36.0 Å². The minimum Gasteiger partial charge on any atom is -0.445 e. The third kappa shape index (κ3) is 19.9. The first-order valence-electron chi connectivity index (χ1n) is 27.7. The first-order chi connectivity index (χ1) is 38.4. The number of ether oxygens (including phenoxy) is 2. The van der Waals surface area contributed by atoms with E-state index in [-0.39, 0.29) is 112 Å². The SMILES string of the molecule is COC[C@@H](CCN(C(=O)[C@H](C)O)[C@@H](c1nc(-c2cc(F)ccc2F)cn1Cc1ccccc1)C(C)(C)C)NC(=O)OCc1ccc(CC(=O)[C@H](CCCCC(N)=O)NC(=O)[C@@H](CC(=O)CCCCCN2C(=O)C=CC2=O)C(C)C)cc1. The monoisotopic (exact) mass is 1120 g/mol. The van der Waals surface area contributed by atoms with Gasteiger partial charge >= 0.3 is 6.09 Å². The molecule has 3 aromatic carbocycles.